The summed E-state index contributed by atoms with van der Waals surface area (Å²) in [7, 11) is 1.46. The molecule has 0 fully saturated rings. The van der Waals surface area contributed by atoms with Gasteiger partial charge in [-0.15, -0.1) is 0 Å². The number of nitrogens with zero attached hydrogens (tertiary/aromatic N) is 1. The average molecular weight is 495 g/mol. The number of urea groups is 1. The molecule has 0 radical (unpaired) electrons. The zero-order valence-electron chi connectivity index (χ0n) is 19.7. The fourth-order valence-electron chi connectivity index (χ4n) is 3.15. The second-order valence-electron chi connectivity index (χ2n) is 7.91. The molecule has 0 saturated heterocycles. The summed E-state index contributed by atoms with van der Waals surface area (Å²) in [5.74, 6) is -0.205. The van der Waals surface area contributed by atoms with Gasteiger partial charge in [-0.25, -0.2) is 15.2 Å². The Morgan fingerprint density at radius 2 is 1.63 bits per heavy atom. The zero-order chi connectivity index (χ0) is 25.4. The summed E-state index contributed by atoms with van der Waals surface area (Å²) in [5, 5.41) is 6.75. The van der Waals surface area contributed by atoms with Gasteiger partial charge < -0.3 is 15.4 Å². The SMILES string of the molecule is CNC(=O)NN(Cc1ccc(NC(=O)c2ccccc2)cc1)C(=O)c1ccc(OC(C)C)c(Cl)c1. The molecule has 3 aromatic rings. The zero-order valence-corrected chi connectivity index (χ0v) is 20.4. The molecule has 0 bridgehead atoms. The van der Waals surface area contributed by atoms with E-state index >= 15 is 0 Å². The van der Waals surface area contributed by atoms with Crippen LogP contribution in [-0.2, 0) is 6.54 Å². The van der Waals surface area contributed by atoms with Gasteiger partial charge in [-0.05, 0) is 61.9 Å². The number of rotatable bonds is 7. The molecule has 4 amide bonds. The van der Waals surface area contributed by atoms with Crippen molar-refractivity contribution in [2.45, 2.75) is 26.5 Å². The van der Waals surface area contributed by atoms with Gasteiger partial charge in [0.15, 0.2) is 0 Å². The van der Waals surface area contributed by atoms with Crippen LogP contribution in [0.2, 0.25) is 5.02 Å². The first kappa shape index (κ1) is 25.6. The van der Waals surface area contributed by atoms with Crippen LogP contribution in [0.5, 0.6) is 5.75 Å². The topological polar surface area (TPSA) is 99.8 Å². The highest BCUT2D eigenvalue weighted by molar-refractivity contribution is 6.32. The van der Waals surface area contributed by atoms with E-state index in [-0.39, 0.29) is 24.1 Å². The number of carbonyl (C=O) groups excluding carboxylic acids is 3. The van der Waals surface area contributed by atoms with E-state index in [1.54, 1.807) is 60.7 Å². The van der Waals surface area contributed by atoms with E-state index in [1.807, 2.05) is 19.9 Å². The van der Waals surface area contributed by atoms with E-state index in [0.717, 1.165) is 5.56 Å². The van der Waals surface area contributed by atoms with Crippen LogP contribution in [0.25, 0.3) is 0 Å². The van der Waals surface area contributed by atoms with E-state index in [0.29, 0.717) is 22.0 Å². The van der Waals surface area contributed by atoms with Crippen LogP contribution in [0.4, 0.5) is 10.5 Å². The minimum Gasteiger partial charge on any atom is -0.489 e. The number of hydrogen-bond acceptors (Lipinski definition) is 4. The molecule has 35 heavy (non-hydrogen) atoms. The van der Waals surface area contributed by atoms with Crippen LogP contribution in [0, 0.1) is 0 Å². The summed E-state index contributed by atoms with van der Waals surface area (Å²) < 4.78 is 5.62. The highest BCUT2D eigenvalue weighted by Gasteiger charge is 2.20. The number of hydrogen-bond donors (Lipinski definition) is 3. The summed E-state index contributed by atoms with van der Waals surface area (Å²) in [6, 6.07) is 20.0. The van der Waals surface area contributed by atoms with Gasteiger partial charge in [0, 0.05) is 23.9 Å². The smallest absolute Gasteiger partial charge is 0.333 e. The Kier molecular flexibility index (Phi) is 8.69. The van der Waals surface area contributed by atoms with Crippen molar-refractivity contribution in [3.05, 3.63) is 94.5 Å². The molecule has 0 saturated carbocycles. The third-order valence-corrected chi connectivity index (χ3v) is 5.13. The van der Waals surface area contributed by atoms with Crippen molar-refractivity contribution in [2.24, 2.45) is 0 Å². The van der Waals surface area contributed by atoms with Crippen LogP contribution in [-0.4, -0.2) is 36.0 Å². The maximum atomic E-state index is 13.2. The third-order valence-electron chi connectivity index (χ3n) is 4.84. The third kappa shape index (κ3) is 7.22. The molecule has 3 N–H and O–H groups in total. The number of benzene rings is 3. The van der Waals surface area contributed by atoms with Gasteiger partial charge in [0.1, 0.15) is 5.75 Å². The monoisotopic (exact) mass is 494 g/mol. The Balaban J connectivity index is 1.74. The molecule has 9 heteroatoms. The minimum absolute atomic E-state index is 0.0686. The Hall–Kier alpha value is -4.04. The predicted octanol–water partition coefficient (Wildman–Crippen LogP) is 4.87. The van der Waals surface area contributed by atoms with Crippen LogP contribution in [0.1, 0.15) is 40.1 Å². The normalized spacial score (nSPS) is 10.4. The summed E-state index contributed by atoms with van der Waals surface area (Å²) in [6.07, 6.45) is -0.0686. The van der Waals surface area contributed by atoms with Crippen molar-refractivity contribution in [3.63, 3.8) is 0 Å². The average Bonchev–Trinajstić information content (AvgIpc) is 2.85. The fourth-order valence-corrected chi connectivity index (χ4v) is 3.37. The second kappa shape index (κ2) is 11.9. The standard InChI is InChI=1S/C26H27ClN4O4/c1-17(2)35-23-14-11-20(15-22(23)27)25(33)31(30-26(34)28-3)16-18-9-12-21(13-10-18)29-24(32)19-7-5-4-6-8-19/h4-15,17H,16H2,1-3H3,(H,29,32)(H2,28,30,34). The van der Waals surface area contributed by atoms with Crippen LogP contribution in [0.15, 0.2) is 72.8 Å². The molecule has 0 aliphatic heterocycles. The molecule has 182 valence electrons. The Bertz CT molecular complexity index is 1180. The molecule has 0 aliphatic carbocycles. The lowest BCUT2D eigenvalue weighted by atomic mass is 10.1. The first-order chi connectivity index (χ1) is 16.8. The first-order valence-electron chi connectivity index (χ1n) is 11.0. The van der Waals surface area contributed by atoms with Gasteiger partial charge in [0.25, 0.3) is 11.8 Å². The molecule has 3 rings (SSSR count). The van der Waals surface area contributed by atoms with Gasteiger partial charge in [-0.3, -0.25) is 9.59 Å². The molecule has 8 nitrogen and oxygen atoms in total. The predicted molar refractivity (Wildman–Crippen MR) is 136 cm³/mol. The number of hydrazine groups is 1. The van der Waals surface area contributed by atoms with Crippen molar-refractivity contribution in [3.8, 4) is 5.75 Å². The van der Waals surface area contributed by atoms with Gasteiger partial charge in [0.2, 0.25) is 0 Å². The molecule has 3 aromatic carbocycles. The Morgan fingerprint density at radius 3 is 2.23 bits per heavy atom. The van der Waals surface area contributed by atoms with Crippen LogP contribution >= 0.6 is 11.6 Å². The van der Waals surface area contributed by atoms with Gasteiger partial charge >= 0.3 is 6.03 Å². The molecular weight excluding hydrogens is 468 g/mol. The number of anilines is 1. The van der Waals surface area contributed by atoms with Crippen LogP contribution < -0.4 is 20.8 Å². The summed E-state index contributed by atoms with van der Waals surface area (Å²) in [5.41, 5.74) is 4.71. The quantitative estimate of drug-likeness (QED) is 0.408. The molecule has 0 unspecified atom stereocenters. The maximum Gasteiger partial charge on any atom is 0.333 e. The highest BCUT2D eigenvalue weighted by Crippen LogP contribution is 2.27. The number of ether oxygens (including phenoxy) is 1. The number of halogens is 1. The van der Waals surface area contributed by atoms with E-state index in [9.17, 15) is 14.4 Å². The van der Waals surface area contributed by atoms with E-state index < -0.39 is 11.9 Å². The summed E-state index contributed by atoms with van der Waals surface area (Å²) >= 11 is 6.29. The van der Waals surface area contributed by atoms with E-state index in [2.05, 4.69) is 16.1 Å². The summed E-state index contributed by atoms with van der Waals surface area (Å²) in [6.45, 7) is 3.84. The molecule has 0 heterocycles. The number of carbonyl (C=O) groups is 3. The molecular formula is C26H27ClN4O4. The Morgan fingerprint density at radius 1 is 0.943 bits per heavy atom. The van der Waals surface area contributed by atoms with Crippen molar-refractivity contribution < 1.29 is 19.1 Å². The molecule has 0 aromatic heterocycles. The fraction of sp³-hybridized carbons (Fsp3) is 0.192. The second-order valence-corrected chi connectivity index (χ2v) is 8.32. The largest absolute Gasteiger partial charge is 0.489 e. The van der Waals surface area contributed by atoms with E-state index in [1.165, 1.54) is 18.1 Å². The molecule has 0 aliphatic rings. The number of amides is 4. The maximum absolute atomic E-state index is 13.2. The lowest BCUT2D eigenvalue weighted by Crippen LogP contribution is -2.48. The Labute approximate surface area is 209 Å². The van der Waals surface area contributed by atoms with Crippen molar-refractivity contribution in [1.82, 2.24) is 15.8 Å². The minimum atomic E-state index is -0.545. The van der Waals surface area contributed by atoms with Gasteiger partial charge in [0.05, 0.1) is 17.7 Å². The van der Waals surface area contributed by atoms with Crippen LogP contribution in [0.3, 0.4) is 0 Å². The van der Waals surface area contributed by atoms with Crippen molar-refractivity contribution in [2.75, 3.05) is 12.4 Å². The van der Waals surface area contributed by atoms with Gasteiger partial charge in [-0.1, -0.05) is 41.9 Å². The first-order valence-corrected chi connectivity index (χ1v) is 11.4. The van der Waals surface area contributed by atoms with Gasteiger partial charge in [-0.2, -0.15) is 0 Å². The summed E-state index contributed by atoms with van der Waals surface area (Å²) in [4.78, 5) is 37.5. The lowest BCUT2D eigenvalue weighted by Gasteiger charge is -2.24. The van der Waals surface area contributed by atoms with E-state index in [4.69, 9.17) is 16.3 Å². The lowest BCUT2D eigenvalue weighted by molar-refractivity contribution is 0.0666. The van der Waals surface area contributed by atoms with Crippen molar-refractivity contribution >= 4 is 35.1 Å². The highest BCUT2D eigenvalue weighted by atomic mass is 35.5. The molecule has 0 spiro atoms. The van der Waals surface area contributed by atoms with Crippen molar-refractivity contribution in [1.29, 1.82) is 0 Å². The molecule has 0 atom stereocenters. The number of nitrogens with one attached hydrogen (secondary N) is 3.